The van der Waals surface area contributed by atoms with Crippen LogP contribution in [-0.4, -0.2) is 37.5 Å². The first-order valence-corrected chi connectivity index (χ1v) is 4.07. The molecule has 3 nitrogen and oxygen atoms in total. The van der Waals surface area contributed by atoms with Gasteiger partial charge in [-0.25, -0.2) is 0 Å². The fourth-order valence-electron chi connectivity index (χ4n) is 0.801. The largest absolute Gasteiger partial charge is 0.391 e. The van der Waals surface area contributed by atoms with Crippen molar-refractivity contribution < 1.29 is 9.84 Å². The van der Waals surface area contributed by atoms with Crippen LogP contribution in [0, 0.1) is 12.3 Å². The molecule has 2 atom stereocenters. The zero-order chi connectivity index (χ0) is 9.40. The first-order valence-electron chi connectivity index (χ1n) is 4.07. The van der Waals surface area contributed by atoms with Gasteiger partial charge in [0.1, 0.15) is 0 Å². The summed E-state index contributed by atoms with van der Waals surface area (Å²) in [6, 6.07) is 0.0692. The van der Waals surface area contributed by atoms with Gasteiger partial charge in [-0.1, -0.05) is 5.92 Å². The molecule has 3 heteroatoms. The molecule has 0 bridgehead atoms. The summed E-state index contributed by atoms with van der Waals surface area (Å²) in [6.45, 7) is 3.00. The zero-order valence-corrected chi connectivity index (χ0v) is 7.71. The van der Waals surface area contributed by atoms with Gasteiger partial charge in [0.15, 0.2) is 0 Å². The third-order valence-corrected chi connectivity index (χ3v) is 1.54. The Balaban J connectivity index is 3.25. The molecule has 0 spiro atoms. The van der Waals surface area contributed by atoms with Gasteiger partial charge in [-0.05, 0) is 19.9 Å². The Labute approximate surface area is 74.1 Å². The molecule has 0 rings (SSSR count). The van der Waals surface area contributed by atoms with Crippen LogP contribution in [0.1, 0.15) is 13.3 Å². The lowest BCUT2D eigenvalue weighted by Crippen LogP contribution is -2.29. The number of terminal acetylenes is 1. The van der Waals surface area contributed by atoms with Crippen molar-refractivity contribution in [2.24, 2.45) is 0 Å². The second-order valence-electron chi connectivity index (χ2n) is 2.74. The van der Waals surface area contributed by atoms with E-state index in [1.807, 2.05) is 6.92 Å². The quantitative estimate of drug-likeness (QED) is 0.552. The minimum Gasteiger partial charge on any atom is -0.391 e. The minimum absolute atomic E-state index is 0.0692. The maximum absolute atomic E-state index is 9.22. The van der Waals surface area contributed by atoms with Crippen LogP contribution in [0.3, 0.4) is 0 Å². The molecule has 70 valence electrons. The van der Waals surface area contributed by atoms with Gasteiger partial charge in [-0.15, -0.1) is 6.42 Å². The Morgan fingerprint density at radius 1 is 1.67 bits per heavy atom. The van der Waals surface area contributed by atoms with Gasteiger partial charge in [0, 0.05) is 7.11 Å². The Bertz CT molecular complexity index is 142. The molecule has 0 radical (unpaired) electrons. The lowest BCUT2D eigenvalue weighted by atomic mass is 10.2. The molecule has 0 saturated carbocycles. The number of nitrogens with one attached hydrogen (secondary N) is 1. The van der Waals surface area contributed by atoms with Crippen LogP contribution in [0.25, 0.3) is 0 Å². The molecule has 2 unspecified atom stereocenters. The van der Waals surface area contributed by atoms with Gasteiger partial charge in [0.25, 0.3) is 0 Å². The molecule has 2 N–H and O–H groups in total. The van der Waals surface area contributed by atoms with Crippen LogP contribution >= 0.6 is 0 Å². The normalized spacial score (nSPS) is 15.2. The van der Waals surface area contributed by atoms with Crippen molar-refractivity contribution in [3.05, 3.63) is 0 Å². The first-order chi connectivity index (χ1) is 5.70. The third kappa shape index (κ3) is 6.17. The van der Waals surface area contributed by atoms with E-state index in [0.717, 1.165) is 6.54 Å². The average Bonchev–Trinajstić information content (AvgIpc) is 2.04. The monoisotopic (exact) mass is 171 g/mol. The maximum Gasteiger partial charge on any atom is 0.0785 e. The standard InChI is InChI=1S/C9H17NO2/c1-4-8(2)10-6-5-9(11)7-12-3/h1,8-11H,5-7H2,2-3H3. The molecular weight excluding hydrogens is 154 g/mol. The fourth-order valence-corrected chi connectivity index (χ4v) is 0.801. The summed E-state index contributed by atoms with van der Waals surface area (Å²) >= 11 is 0. The van der Waals surface area contributed by atoms with E-state index in [4.69, 9.17) is 11.2 Å². The van der Waals surface area contributed by atoms with Gasteiger partial charge in [-0.3, -0.25) is 0 Å². The smallest absolute Gasteiger partial charge is 0.0785 e. The van der Waals surface area contributed by atoms with Gasteiger partial charge < -0.3 is 15.2 Å². The first kappa shape index (κ1) is 11.4. The van der Waals surface area contributed by atoms with Gasteiger partial charge in [0.05, 0.1) is 18.8 Å². The van der Waals surface area contributed by atoms with E-state index in [9.17, 15) is 5.11 Å². The number of methoxy groups -OCH3 is 1. The van der Waals surface area contributed by atoms with Crippen LogP contribution in [0.15, 0.2) is 0 Å². The predicted molar refractivity (Wildman–Crippen MR) is 48.8 cm³/mol. The SMILES string of the molecule is C#CC(C)NCCC(O)COC. The molecule has 0 aromatic heterocycles. The van der Waals surface area contributed by atoms with E-state index in [2.05, 4.69) is 11.2 Å². The van der Waals surface area contributed by atoms with E-state index < -0.39 is 6.10 Å². The number of rotatable bonds is 6. The van der Waals surface area contributed by atoms with Crippen molar-refractivity contribution in [2.45, 2.75) is 25.5 Å². The molecule has 0 aliphatic rings. The molecule has 0 aromatic carbocycles. The van der Waals surface area contributed by atoms with Crippen molar-refractivity contribution in [1.82, 2.24) is 5.32 Å². The molecule has 0 heterocycles. The Morgan fingerprint density at radius 3 is 2.83 bits per heavy atom. The predicted octanol–water partition coefficient (Wildman–Crippen LogP) is -0.00490. The van der Waals surface area contributed by atoms with Crippen LogP contribution in [0.2, 0.25) is 0 Å². The van der Waals surface area contributed by atoms with E-state index >= 15 is 0 Å². The zero-order valence-electron chi connectivity index (χ0n) is 7.71. The Morgan fingerprint density at radius 2 is 2.33 bits per heavy atom. The molecule has 0 saturated heterocycles. The van der Waals surface area contributed by atoms with Crippen molar-refractivity contribution in [3.8, 4) is 12.3 Å². The second-order valence-corrected chi connectivity index (χ2v) is 2.74. The lowest BCUT2D eigenvalue weighted by molar-refractivity contribution is 0.0593. The van der Waals surface area contributed by atoms with Crippen LogP contribution in [-0.2, 0) is 4.74 Å². The number of hydrogen-bond donors (Lipinski definition) is 2. The van der Waals surface area contributed by atoms with E-state index in [-0.39, 0.29) is 6.04 Å². The van der Waals surface area contributed by atoms with Crippen molar-refractivity contribution >= 4 is 0 Å². The average molecular weight is 171 g/mol. The number of aliphatic hydroxyl groups excluding tert-OH is 1. The topological polar surface area (TPSA) is 41.5 Å². The highest BCUT2D eigenvalue weighted by atomic mass is 16.5. The fraction of sp³-hybridized carbons (Fsp3) is 0.778. The van der Waals surface area contributed by atoms with Gasteiger partial charge >= 0.3 is 0 Å². The van der Waals surface area contributed by atoms with E-state index in [1.54, 1.807) is 7.11 Å². The third-order valence-electron chi connectivity index (χ3n) is 1.54. The molecule has 0 aromatic rings. The number of ether oxygens (including phenoxy) is 1. The highest BCUT2D eigenvalue weighted by Gasteiger charge is 2.02. The summed E-state index contributed by atoms with van der Waals surface area (Å²) in [6.07, 6.45) is 5.42. The van der Waals surface area contributed by atoms with Crippen molar-refractivity contribution in [2.75, 3.05) is 20.3 Å². The molecular formula is C9H17NO2. The maximum atomic E-state index is 9.22. The van der Waals surface area contributed by atoms with Crippen molar-refractivity contribution in [1.29, 1.82) is 0 Å². The van der Waals surface area contributed by atoms with Gasteiger partial charge in [0.2, 0.25) is 0 Å². The summed E-state index contributed by atoms with van der Waals surface area (Å²) in [5, 5.41) is 12.3. The van der Waals surface area contributed by atoms with Crippen molar-refractivity contribution in [3.63, 3.8) is 0 Å². The van der Waals surface area contributed by atoms with Gasteiger partial charge in [-0.2, -0.15) is 0 Å². The van der Waals surface area contributed by atoms with Crippen LogP contribution in [0.5, 0.6) is 0 Å². The molecule has 12 heavy (non-hydrogen) atoms. The summed E-state index contributed by atoms with van der Waals surface area (Å²) in [4.78, 5) is 0. The molecule has 0 fully saturated rings. The summed E-state index contributed by atoms with van der Waals surface area (Å²) < 4.78 is 4.77. The summed E-state index contributed by atoms with van der Waals surface area (Å²) in [5.41, 5.74) is 0. The number of aliphatic hydroxyl groups is 1. The second kappa shape index (κ2) is 7.11. The van der Waals surface area contributed by atoms with E-state index in [0.29, 0.717) is 13.0 Å². The summed E-state index contributed by atoms with van der Waals surface area (Å²) in [5.74, 6) is 2.55. The number of hydrogen-bond acceptors (Lipinski definition) is 3. The minimum atomic E-state index is -0.396. The molecule has 0 aliphatic heterocycles. The highest BCUT2D eigenvalue weighted by Crippen LogP contribution is 1.90. The Hall–Kier alpha value is -0.560. The van der Waals surface area contributed by atoms with E-state index in [1.165, 1.54) is 0 Å². The summed E-state index contributed by atoms with van der Waals surface area (Å²) in [7, 11) is 1.57. The van der Waals surface area contributed by atoms with Crippen LogP contribution < -0.4 is 5.32 Å². The van der Waals surface area contributed by atoms with Crippen LogP contribution in [0.4, 0.5) is 0 Å². The molecule has 0 aliphatic carbocycles. The highest BCUT2D eigenvalue weighted by molar-refractivity contribution is 4.95. The Kier molecular flexibility index (Phi) is 6.78. The lowest BCUT2D eigenvalue weighted by Gasteiger charge is -2.11. The molecule has 0 amide bonds.